The van der Waals surface area contributed by atoms with Crippen molar-refractivity contribution < 1.29 is 9.53 Å². The van der Waals surface area contributed by atoms with Gasteiger partial charge in [-0.15, -0.1) is 0 Å². The number of rotatable bonds is 9. The van der Waals surface area contributed by atoms with Crippen molar-refractivity contribution in [2.75, 3.05) is 32.8 Å². The average Bonchev–Trinajstić information content (AvgIpc) is 3.36. The van der Waals surface area contributed by atoms with E-state index >= 15 is 0 Å². The maximum Gasteiger partial charge on any atom is 0.292 e. The molecule has 1 aliphatic heterocycles. The van der Waals surface area contributed by atoms with Gasteiger partial charge >= 0.3 is 0 Å². The summed E-state index contributed by atoms with van der Waals surface area (Å²) in [6.45, 7) is 11.0. The van der Waals surface area contributed by atoms with Gasteiger partial charge in [0.2, 0.25) is 5.76 Å². The normalized spacial score (nSPS) is 20.5. The van der Waals surface area contributed by atoms with Crippen LogP contribution in [0.3, 0.4) is 0 Å². The van der Waals surface area contributed by atoms with Gasteiger partial charge in [-0.25, -0.2) is 0 Å². The van der Waals surface area contributed by atoms with Crippen LogP contribution in [-0.4, -0.2) is 49.8 Å². The molecule has 27 heavy (non-hydrogen) atoms. The van der Waals surface area contributed by atoms with Gasteiger partial charge in [0, 0.05) is 48.5 Å². The van der Waals surface area contributed by atoms with Crippen molar-refractivity contribution in [3.8, 4) is 0 Å². The number of ether oxygens (including phenoxy) is 1. The molecule has 0 atom stereocenters. The van der Waals surface area contributed by atoms with E-state index in [1.54, 1.807) is 25.2 Å². The predicted molar refractivity (Wildman–Crippen MR) is 110 cm³/mol. The van der Waals surface area contributed by atoms with Gasteiger partial charge in [-0.05, 0) is 31.9 Å². The van der Waals surface area contributed by atoms with Crippen molar-refractivity contribution in [3.63, 3.8) is 0 Å². The fraction of sp³-hybridized carbons (Fsp3) is 0.500. The van der Waals surface area contributed by atoms with Crippen molar-refractivity contribution in [1.82, 2.24) is 15.5 Å². The van der Waals surface area contributed by atoms with E-state index in [1.165, 1.54) is 6.21 Å². The number of nitrogens with zero attached hydrogens (tertiary/aromatic N) is 1. The van der Waals surface area contributed by atoms with Gasteiger partial charge in [0.15, 0.2) is 0 Å². The number of halogens is 1. The number of amides is 1. The first-order valence-corrected chi connectivity index (χ1v) is 9.57. The quantitative estimate of drug-likeness (QED) is 0.244. The Labute approximate surface area is 166 Å². The minimum atomic E-state index is -0.367. The third kappa shape index (κ3) is 6.56. The van der Waals surface area contributed by atoms with Crippen LogP contribution in [0.25, 0.3) is 0 Å². The summed E-state index contributed by atoms with van der Waals surface area (Å²) >= 11 is 6.05. The highest BCUT2D eigenvalue weighted by Gasteiger charge is 2.39. The Morgan fingerprint density at radius 2 is 2.07 bits per heavy atom. The summed E-state index contributed by atoms with van der Waals surface area (Å²) in [4.78, 5) is 14.9. The van der Waals surface area contributed by atoms with Crippen LogP contribution in [0.2, 0.25) is 0 Å². The molecule has 7 heteroatoms. The lowest BCUT2D eigenvalue weighted by Crippen LogP contribution is -2.44. The Balaban J connectivity index is 2.22. The fourth-order valence-electron chi connectivity index (χ4n) is 2.71. The van der Waals surface area contributed by atoms with E-state index in [2.05, 4.69) is 24.1 Å². The number of hydrogen-bond donors (Lipinski definition) is 3. The second kappa shape index (κ2) is 9.76. The predicted octanol–water partition coefficient (Wildman–Crippen LogP) is 2.90. The first kappa shape index (κ1) is 21.3. The summed E-state index contributed by atoms with van der Waals surface area (Å²) in [5, 5.41) is 14.4. The van der Waals surface area contributed by atoms with Gasteiger partial charge in [-0.3, -0.25) is 4.79 Å². The molecule has 0 aromatic carbocycles. The van der Waals surface area contributed by atoms with Gasteiger partial charge in [-0.1, -0.05) is 31.2 Å². The summed E-state index contributed by atoms with van der Waals surface area (Å²) in [6, 6.07) is 0. The minimum Gasteiger partial charge on any atom is -0.486 e. The molecule has 0 radical (unpaired) electrons. The van der Waals surface area contributed by atoms with Crippen molar-refractivity contribution in [1.29, 1.82) is 5.41 Å². The molecule has 1 saturated carbocycles. The van der Waals surface area contributed by atoms with E-state index in [9.17, 15) is 4.79 Å². The second-order valence-electron chi connectivity index (χ2n) is 7.26. The van der Waals surface area contributed by atoms with Crippen molar-refractivity contribution >= 4 is 23.7 Å². The number of carbonyl (C=O) groups excluding carboxylic acids is 1. The van der Waals surface area contributed by atoms with Gasteiger partial charge in [-0.2, -0.15) is 0 Å². The first-order valence-electron chi connectivity index (χ1n) is 9.19. The van der Waals surface area contributed by atoms with Crippen LogP contribution in [0, 0.1) is 10.8 Å². The summed E-state index contributed by atoms with van der Waals surface area (Å²) in [7, 11) is 0. The van der Waals surface area contributed by atoms with Crippen LogP contribution in [0.5, 0.6) is 0 Å². The van der Waals surface area contributed by atoms with E-state index in [1.807, 2.05) is 4.90 Å². The monoisotopic (exact) mass is 392 g/mol. The van der Waals surface area contributed by atoms with Crippen molar-refractivity contribution in [2.24, 2.45) is 5.41 Å². The molecular weight excluding hydrogens is 364 g/mol. The Kier molecular flexibility index (Phi) is 7.68. The van der Waals surface area contributed by atoms with Crippen molar-refractivity contribution in [2.45, 2.75) is 26.7 Å². The lowest BCUT2D eigenvalue weighted by atomic mass is 10.2. The van der Waals surface area contributed by atoms with E-state index < -0.39 is 0 Å². The molecule has 0 bridgehead atoms. The lowest BCUT2D eigenvalue weighted by Gasteiger charge is -2.31. The molecule has 0 aromatic heterocycles. The van der Waals surface area contributed by atoms with Gasteiger partial charge in [0.05, 0.1) is 6.61 Å². The molecule has 148 valence electrons. The molecule has 2 fully saturated rings. The van der Waals surface area contributed by atoms with E-state index in [4.69, 9.17) is 21.7 Å². The van der Waals surface area contributed by atoms with E-state index in [0.717, 1.165) is 39.0 Å². The Bertz CT molecular complexity index is 671. The topological polar surface area (TPSA) is 77.5 Å². The second-order valence-corrected chi connectivity index (χ2v) is 7.70. The molecular formula is C20H29ClN4O2. The minimum absolute atomic E-state index is 0.128. The molecule has 1 amide bonds. The van der Waals surface area contributed by atoms with Crippen LogP contribution in [0.15, 0.2) is 47.0 Å². The summed E-state index contributed by atoms with van der Waals surface area (Å²) in [5.74, 6) is -0.176. The number of nitrogens with one attached hydrogen (secondary N) is 3. The van der Waals surface area contributed by atoms with E-state index in [0.29, 0.717) is 23.0 Å². The number of piperazine rings is 1. The van der Waals surface area contributed by atoms with Crippen LogP contribution < -0.4 is 10.6 Å². The molecule has 1 heterocycles. The van der Waals surface area contributed by atoms with E-state index in [-0.39, 0.29) is 17.1 Å². The molecule has 2 rings (SSSR count). The number of hydrogen-bond acceptors (Lipinski definition) is 5. The third-order valence-electron chi connectivity index (χ3n) is 4.64. The zero-order chi connectivity index (χ0) is 19.9. The summed E-state index contributed by atoms with van der Waals surface area (Å²) in [6.07, 6.45) is 8.26. The zero-order valence-electron chi connectivity index (χ0n) is 16.1. The first-order chi connectivity index (χ1) is 12.9. The molecule has 1 aliphatic carbocycles. The Morgan fingerprint density at radius 3 is 2.63 bits per heavy atom. The van der Waals surface area contributed by atoms with Crippen LogP contribution in [0.4, 0.5) is 0 Å². The fourth-order valence-corrected chi connectivity index (χ4v) is 2.96. The highest BCUT2D eigenvalue weighted by Crippen LogP contribution is 2.45. The summed E-state index contributed by atoms with van der Waals surface area (Å²) < 4.78 is 5.95. The van der Waals surface area contributed by atoms with Gasteiger partial charge in [0.1, 0.15) is 5.70 Å². The van der Waals surface area contributed by atoms with Crippen LogP contribution >= 0.6 is 11.6 Å². The van der Waals surface area contributed by atoms with Gasteiger partial charge in [0.25, 0.3) is 5.91 Å². The maximum atomic E-state index is 12.9. The number of carbonyl (C=O) groups is 1. The van der Waals surface area contributed by atoms with Crippen LogP contribution in [0.1, 0.15) is 26.7 Å². The maximum absolute atomic E-state index is 12.9. The third-order valence-corrected chi connectivity index (χ3v) is 4.88. The SMILES string of the molecule is C=C/C=C(Cl)\C=C(/C)NC(=O)/C(OCC1(C)CC1)=C(\C=N)N1CCNCC1. The lowest BCUT2D eigenvalue weighted by molar-refractivity contribution is -0.120. The molecule has 2 aliphatic rings. The zero-order valence-corrected chi connectivity index (χ0v) is 16.9. The largest absolute Gasteiger partial charge is 0.486 e. The molecule has 6 nitrogen and oxygen atoms in total. The molecule has 0 aromatic rings. The van der Waals surface area contributed by atoms with Crippen molar-refractivity contribution in [3.05, 3.63) is 47.0 Å². The number of allylic oxidation sites excluding steroid dienone is 6. The molecule has 1 saturated heterocycles. The molecule has 0 spiro atoms. The van der Waals surface area contributed by atoms with Gasteiger partial charge < -0.3 is 25.7 Å². The Morgan fingerprint density at radius 1 is 1.41 bits per heavy atom. The average molecular weight is 393 g/mol. The summed E-state index contributed by atoms with van der Waals surface area (Å²) in [5.41, 5.74) is 1.23. The molecule has 3 N–H and O–H groups in total. The Hall–Kier alpha value is -2.05. The standard InChI is InChI=1S/C20H29ClN4O2/c1-4-5-16(21)12-15(2)24-19(26)18(27-14-20(3)6-7-20)17(13-22)25-10-8-23-9-11-25/h4-5,12-13,22-23H,1,6-11,14H2,2-3H3,(H,24,26)/b15-12+,16-5+,18-17-,22-13?. The highest BCUT2D eigenvalue weighted by molar-refractivity contribution is 6.31. The molecule has 0 unspecified atom stereocenters. The highest BCUT2D eigenvalue weighted by atomic mass is 35.5. The smallest absolute Gasteiger partial charge is 0.292 e. The van der Waals surface area contributed by atoms with Crippen LogP contribution in [-0.2, 0) is 9.53 Å².